The maximum Gasteiger partial charge on any atom is 0.227 e. The number of nitrogens with one attached hydrogen (secondary N) is 1. The summed E-state index contributed by atoms with van der Waals surface area (Å²) < 4.78 is 40.9. The molecule has 1 fully saturated rings. The molecule has 1 aliphatic rings. The van der Waals surface area contributed by atoms with Crippen LogP contribution < -0.4 is 5.32 Å². The van der Waals surface area contributed by atoms with Crippen molar-refractivity contribution in [2.45, 2.75) is 50.0 Å². The first kappa shape index (κ1) is 24.5. The Kier molecular flexibility index (Phi) is 6.38. The number of rotatable bonds is 7. The molecule has 2 aromatic heterocycles. The van der Waals surface area contributed by atoms with E-state index in [1.165, 1.54) is 11.3 Å². The highest BCUT2D eigenvalue weighted by Crippen LogP contribution is 2.42. The van der Waals surface area contributed by atoms with E-state index in [4.69, 9.17) is 9.97 Å². The van der Waals surface area contributed by atoms with E-state index in [0.717, 1.165) is 10.7 Å². The van der Waals surface area contributed by atoms with Gasteiger partial charge in [-0.05, 0) is 37.1 Å². The number of halogens is 1. The zero-order valence-corrected chi connectivity index (χ0v) is 22.0. The molecule has 2 aromatic carbocycles. The van der Waals surface area contributed by atoms with Gasteiger partial charge in [0.05, 0.1) is 32.3 Å². The molecule has 0 unspecified atom stereocenters. The standard InChI is InChI=1S/C27H27FN4O2S2/c1-27(2,3)25-32-23(20-11-7-8-17(22(20)28)16-36(33,34)19-12-13-19)24(35-25)21-14-15-29-26(31-21)30-18-9-5-4-6-10-18/h4-11,14-15,19H,12-13,16H2,1-3H3,(H,29,30,31). The van der Waals surface area contributed by atoms with Crippen LogP contribution in [0.4, 0.5) is 16.0 Å². The van der Waals surface area contributed by atoms with Crippen LogP contribution in [-0.4, -0.2) is 28.6 Å². The molecule has 0 spiro atoms. The van der Waals surface area contributed by atoms with E-state index in [1.54, 1.807) is 30.5 Å². The average molecular weight is 523 g/mol. The Morgan fingerprint density at radius 2 is 1.78 bits per heavy atom. The Morgan fingerprint density at radius 3 is 2.47 bits per heavy atom. The van der Waals surface area contributed by atoms with Crippen molar-refractivity contribution in [1.29, 1.82) is 0 Å². The summed E-state index contributed by atoms with van der Waals surface area (Å²) in [7, 11) is -3.36. The summed E-state index contributed by atoms with van der Waals surface area (Å²) in [5, 5.41) is 3.68. The van der Waals surface area contributed by atoms with E-state index < -0.39 is 15.7 Å². The number of benzene rings is 2. The topological polar surface area (TPSA) is 84.8 Å². The number of thiazole rings is 1. The summed E-state index contributed by atoms with van der Waals surface area (Å²) in [4.78, 5) is 14.6. The maximum absolute atomic E-state index is 15.8. The van der Waals surface area contributed by atoms with Gasteiger partial charge in [-0.2, -0.15) is 0 Å². The van der Waals surface area contributed by atoms with Crippen LogP contribution in [0.25, 0.3) is 21.8 Å². The molecule has 9 heteroatoms. The van der Waals surface area contributed by atoms with E-state index in [1.807, 2.05) is 30.3 Å². The van der Waals surface area contributed by atoms with Crippen LogP contribution >= 0.6 is 11.3 Å². The fourth-order valence-corrected chi connectivity index (χ4v) is 6.68. The molecule has 0 saturated heterocycles. The Bertz CT molecular complexity index is 1510. The first-order valence-electron chi connectivity index (χ1n) is 11.8. The molecule has 0 amide bonds. The number of sulfone groups is 1. The minimum Gasteiger partial charge on any atom is -0.324 e. The van der Waals surface area contributed by atoms with E-state index in [-0.39, 0.29) is 27.5 Å². The predicted molar refractivity (Wildman–Crippen MR) is 143 cm³/mol. The van der Waals surface area contributed by atoms with Crippen LogP contribution in [0.2, 0.25) is 0 Å². The molecule has 0 bridgehead atoms. The molecule has 4 aromatic rings. The summed E-state index contributed by atoms with van der Waals surface area (Å²) >= 11 is 1.46. The van der Waals surface area contributed by atoms with Gasteiger partial charge in [-0.1, -0.05) is 51.1 Å². The maximum atomic E-state index is 15.8. The van der Waals surface area contributed by atoms with Crippen molar-refractivity contribution in [3.63, 3.8) is 0 Å². The van der Waals surface area contributed by atoms with Gasteiger partial charge in [-0.3, -0.25) is 0 Å². The number of anilines is 2. The van der Waals surface area contributed by atoms with Gasteiger partial charge in [0.15, 0.2) is 9.84 Å². The number of aromatic nitrogens is 3. The molecule has 1 N–H and O–H groups in total. The van der Waals surface area contributed by atoms with E-state index in [2.05, 4.69) is 31.1 Å². The van der Waals surface area contributed by atoms with Gasteiger partial charge in [0.1, 0.15) is 5.82 Å². The zero-order chi connectivity index (χ0) is 25.5. The van der Waals surface area contributed by atoms with Crippen molar-refractivity contribution in [2.75, 3.05) is 5.32 Å². The lowest BCUT2D eigenvalue weighted by atomic mass is 9.98. The summed E-state index contributed by atoms with van der Waals surface area (Å²) in [5.41, 5.74) is 2.10. The van der Waals surface area contributed by atoms with Crippen LogP contribution in [-0.2, 0) is 21.0 Å². The van der Waals surface area contributed by atoms with Crippen LogP contribution in [0.5, 0.6) is 0 Å². The highest BCUT2D eigenvalue weighted by atomic mass is 32.2. The van der Waals surface area contributed by atoms with Crippen molar-refractivity contribution >= 4 is 32.8 Å². The minimum atomic E-state index is -3.36. The molecule has 5 rings (SSSR count). The largest absolute Gasteiger partial charge is 0.324 e. The SMILES string of the molecule is CC(C)(C)c1nc(-c2cccc(CS(=O)(=O)C3CC3)c2F)c(-c2ccnc(Nc3ccccc3)n2)s1. The van der Waals surface area contributed by atoms with Crippen molar-refractivity contribution in [2.24, 2.45) is 0 Å². The van der Waals surface area contributed by atoms with Gasteiger partial charge in [-0.25, -0.2) is 27.8 Å². The van der Waals surface area contributed by atoms with Gasteiger partial charge in [0, 0.05) is 28.4 Å². The molecule has 0 radical (unpaired) electrons. The fraction of sp³-hybridized carbons (Fsp3) is 0.296. The lowest BCUT2D eigenvalue weighted by Crippen LogP contribution is -2.11. The Balaban J connectivity index is 1.58. The Morgan fingerprint density at radius 1 is 1.03 bits per heavy atom. The van der Waals surface area contributed by atoms with Gasteiger partial charge in [-0.15, -0.1) is 11.3 Å². The van der Waals surface area contributed by atoms with Crippen LogP contribution in [0.15, 0.2) is 60.8 Å². The molecule has 1 saturated carbocycles. The van der Waals surface area contributed by atoms with E-state index in [0.29, 0.717) is 35.1 Å². The molecule has 0 aliphatic heterocycles. The zero-order valence-electron chi connectivity index (χ0n) is 20.3. The summed E-state index contributed by atoms with van der Waals surface area (Å²) in [6.07, 6.45) is 2.96. The normalized spacial score (nSPS) is 14.1. The second-order valence-electron chi connectivity index (χ2n) is 9.99. The van der Waals surface area contributed by atoms with Crippen molar-refractivity contribution in [3.05, 3.63) is 77.2 Å². The van der Waals surface area contributed by atoms with E-state index in [9.17, 15) is 8.42 Å². The first-order chi connectivity index (χ1) is 17.1. The molecule has 36 heavy (non-hydrogen) atoms. The monoisotopic (exact) mass is 522 g/mol. The van der Waals surface area contributed by atoms with E-state index >= 15 is 4.39 Å². The number of hydrogen-bond acceptors (Lipinski definition) is 7. The van der Waals surface area contributed by atoms with Crippen molar-refractivity contribution < 1.29 is 12.8 Å². The number of hydrogen-bond donors (Lipinski definition) is 1. The fourth-order valence-electron chi connectivity index (χ4n) is 3.83. The third-order valence-corrected chi connectivity index (χ3v) is 9.61. The molecular weight excluding hydrogens is 495 g/mol. The highest BCUT2D eigenvalue weighted by molar-refractivity contribution is 7.91. The highest BCUT2D eigenvalue weighted by Gasteiger charge is 2.36. The van der Waals surface area contributed by atoms with Gasteiger partial charge in [0.2, 0.25) is 5.95 Å². The number of para-hydroxylation sites is 1. The predicted octanol–water partition coefficient (Wildman–Crippen LogP) is 6.52. The molecular formula is C27H27FN4O2S2. The smallest absolute Gasteiger partial charge is 0.227 e. The minimum absolute atomic E-state index is 0.171. The first-order valence-corrected chi connectivity index (χ1v) is 14.3. The third kappa shape index (κ3) is 5.17. The lowest BCUT2D eigenvalue weighted by Gasteiger charge is -2.13. The number of nitrogens with zero attached hydrogens (tertiary/aromatic N) is 3. The summed E-state index contributed by atoms with van der Waals surface area (Å²) in [6, 6.07) is 16.3. The second-order valence-corrected chi connectivity index (χ2v) is 13.3. The molecule has 186 valence electrons. The third-order valence-electron chi connectivity index (χ3n) is 5.91. The summed E-state index contributed by atoms with van der Waals surface area (Å²) in [6.45, 7) is 6.16. The van der Waals surface area contributed by atoms with Crippen molar-refractivity contribution in [3.8, 4) is 21.8 Å². The molecule has 1 aliphatic carbocycles. The van der Waals surface area contributed by atoms with Gasteiger partial charge in [0.25, 0.3) is 0 Å². The second kappa shape index (κ2) is 9.37. The lowest BCUT2D eigenvalue weighted by molar-refractivity contribution is 0.584. The van der Waals surface area contributed by atoms with Gasteiger partial charge < -0.3 is 5.32 Å². The van der Waals surface area contributed by atoms with Gasteiger partial charge >= 0.3 is 0 Å². The average Bonchev–Trinajstić information content (AvgIpc) is 3.60. The quantitative estimate of drug-likeness (QED) is 0.297. The molecule has 6 nitrogen and oxygen atoms in total. The Hall–Kier alpha value is -3.17. The molecule has 0 atom stereocenters. The summed E-state index contributed by atoms with van der Waals surface area (Å²) in [5.74, 6) is -0.438. The van der Waals surface area contributed by atoms with Crippen LogP contribution in [0.3, 0.4) is 0 Å². The Labute approximate surface area is 214 Å². The van der Waals surface area contributed by atoms with Crippen molar-refractivity contribution in [1.82, 2.24) is 15.0 Å². The van der Waals surface area contributed by atoms with Crippen LogP contribution in [0.1, 0.15) is 44.2 Å². The van der Waals surface area contributed by atoms with Crippen LogP contribution in [0, 0.1) is 5.82 Å². The molecule has 2 heterocycles.